The first-order chi connectivity index (χ1) is 17.2. The maximum atomic E-state index is 12.8. The minimum Gasteiger partial charge on any atom is -0.484 e. The van der Waals surface area contributed by atoms with E-state index < -0.39 is 23.6 Å². The van der Waals surface area contributed by atoms with Crippen LogP contribution in [-0.4, -0.2) is 30.5 Å². The minimum absolute atomic E-state index is 0.188. The molecule has 0 saturated carbocycles. The number of rotatable bonds is 8. The summed E-state index contributed by atoms with van der Waals surface area (Å²) in [5.41, 5.74) is 2.29. The highest BCUT2D eigenvalue weighted by molar-refractivity contribution is 6.39. The number of hydrazone groups is 1. The van der Waals surface area contributed by atoms with E-state index in [0.29, 0.717) is 23.9 Å². The number of alkyl halides is 3. The van der Waals surface area contributed by atoms with Crippen molar-refractivity contribution in [2.45, 2.75) is 12.7 Å². The lowest BCUT2D eigenvalue weighted by molar-refractivity contribution is -0.137. The fourth-order valence-corrected chi connectivity index (χ4v) is 2.86. The van der Waals surface area contributed by atoms with Crippen molar-refractivity contribution in [3.8, 4) is 5.75 Å². The molecule has 3 aromatic carbocycles. The van der Waals surface area contributed by atoms with Crippen molar-refractivity contribution >= 4 is 29.6 Å². The highest BCUT2D eigenvalue weighted by Gasteiger charge is 2.30. The molecule has 0 aliphatic heterocycles. The number of benzene rings is 3. The number of nitrogens with zero attached hydrogens (tertiary/aromatic N) is 1. The van der Waals surface area contributed by atoms with Crippen LogP contribution in [0.1, 0.15) is 16.7 Å². The Hall–Kier alpha value is -4.67. The number of carbonyl (C=O) groups excluding carboxylic acids is 3. The fraction of sp³-hybridized carbons (Fsp3) is 0.120. The monoisotopic (exact) mass is 498 g/mol. The predicted molar refractivity (Wildman–Crippen MR) is 126 cm³/mol. The number of nitrogens with one attached hydrogen (secondary N) is 3. The molecule has 0 bridgehead atoms. The van der Waals surface area contributed by atoms with Gasteiger partial charge in [0, 0.05) is 12.2 Å². The van der Waals surface area contributed by atoms with Crippen LogP contribution >= 0.6 is 0 Å². The summed E-state index contributed by atoms with van der Waals surface area (Å²) in [5.74, 6) is -2.30. The maximum absolute atomic E-state index is 12.8. The van der Waals surface area contributed by atoms with E-state index in [1.807, 2.05) is 35.8 Å². The Labute approximate surface area is 204 Å². The van der Waals surface area contributed by atoms with Crippen molar-refractivity contribution < 1.29 is 32.3 Å². The third-order valence-corrected chi connectivity index (χ3v) is 4.59. The fourth-order valence-electron chi connectivity index (χ4n) is 2.86. The Morgan fingerprint density at radius 3 is 2.39 bits per heavy atom. The quantitative estimate of drug-likeness (QED) is 0.251. The Kier molecular flexibility index (Phi) is 8.76. The number of hydrogen-bond donors (Lipinski definition) is 3. The first kappa shape index (κ1) is 25.9. The summed E-state index contributed by atoms with van der Waals surface area (Å²) in [7, 11) is 0. The van der Waals surface area contributed by atoms with Crippen LogP contribution in [0.25, 0.3) is 0 Å². The first-order valence-corrected chi connectivity index (χ1v) is 10.6. The van der Waals surface area contributed by atoms with Gasteiger partial charge in [-0.25, -0.2) is 5.43 Å². The zero-order chi connectivity index (χ0) is 26.0. The third kappa shape index (κ3) is 8.28. The lowest BCUT2D eigenvalue weighted by Crippen LogP contribution is -2.32. The zero-order valence-corrected chi connectivity index (χ0v) is 18.7. The molecule has 11 heteroatoms. The molecule has 0 atom stereocenters. The van der Waals surface area contributed by atoms with Crippen molar-refractivity contribution in [2.75, 3.05) is 11.9 Å². The molecule has 0 heterocycles. The van der Waals surface area contributed by atoms with E-state index in [-0.39, 0.29) is 18.2 Å². The molecule has 36 heavy (non-hydrogen) atoms. The molecule has 0 unspecified atom stereocenters. The normalized spacial score (nSPS) is 11.1. The summed E-state index contributed by atoms with van der Waals surface area (Å²) in [4.78, 5) is 35.8. The van der Waals surface area contributed by atoms with Crippen molar-refractivity contribution in [1.29, 1.82) is 0 Å². The van der Waals surface area contributed by atoms with Gasteiger partial charge in [0.25, 0.3) is 5.91 Å². The Morgan fingerprint density at radius 2 is 1.64 bits per heavy atom. The standard InChI is InChI=1S/C25H21F3N4O4/c26-25(27,28)19-9-5-10-20(13-19)31-23(34)24(35)32-30-15-18-8-4-11-21(12-18)36-16-22(33)29-14-17-6-2-1-3-7-17/h1-13,15H,14,16H2,(H,29,33)(H,31,34)(H,32,35)/b30-15-. The topological polar surface area (TPSA) is 109 Å². The van der Waals surface area contributed by atoms with Gasteiger partial charge in [-0.2, -0.15) is 18.3 Å². The van der Waals surface area contributed by atoms with E-state index in [1.54, 1.807) is 24.3 Å². The van der Waals surface area contributed by atoms with E-state index in [9.17, 15) is 27.6 Å². The van der Waals surface area contributed by atoms with Crippen molar-refractivity contribution in [3.05, 3.63) is 95.6 Å². The van der Waals surface area contributed by atoms with Crippen LogP contribution in [0, 0.1) is 0 Å². The number of carbonyl (C=O) groups is 3. The van der Waals surface area contributed by atoms with Crippen LogP contribution in [0.4, 0.5) is 18.9 Å². The molecule has 8 nitrogen and oxygen atoms in total. The van der Waals surface area contributed by atoms with Gasteiger partial charge in [-0.3, -0.25) is 14.4 Å². The first-order valence-electron chi connectivity index (χ1n) is 10.6. The summed E-state index contributed by atoms with van der Waals surface area (Å²) in [6.07, 6.45) is -3.35. The van der Waals surface area contributed by atoms with Crippen LogP contribution < -0.4 is 20.8 Å². The second kappa shape index (κ2) is 12.2. The summed E-state index contributed by atoms with van der Waals surface area (Å²) < 4.78 is 43.8. The minimum atomic E-state index is -4.59. The summed E-state index contributed by atoms with van der Waals surface area (Å²) in [6.45, 7) is 0.163. The highest BCUT2D eigenvalue weighted by atomic mass is 19.4. The Morgan fingerprint density at radius 1 is 0.889 bits per heavy atom. The van der Waals surface area contributed by atoms with Gasteiger partial charge in [-0.05, 0) is 41.5 Å². The summed E-state index contributed by atoms with van der Waals surface area (Å²) >= 11 is 0. The molecule has 0 aliphatic carbocycles. The maximum Gasteiger partial charge on any atom is 0.416 e. The SMILES string of the molecule is O=C(COc1cccc(/C=N\NC(=O)C(=O)Nc2cccc(C(F)(F)F)c2)c1)NCc1ccccc1. The molecule has 0 radical (unpaired) electrons. The van der Waals surface area contributed by atoms with Gasteiger partial charge in [0.15, 0.2) is 6.61 Å². The van der Waals surface area contributed by atoms with Gasteiger partial charge >= 0.3 is 18.0 Å². The van der Waals surface area contributed by atoms with Gasteiger partial charge in [0.05, 0.1) is 11.8 Å². The molecule has 186 valence electrons. The predicted octanol–water partition coefficient (Wildman–Crippen LogP) is 3.49. The lowest BCUT2D eigenvalue weighted by Gasteiger charge is -2.09. The number of hydrogen-bond acceptors (Lipinski definition) is 5. The average Bonchev–Trinajstić information content (AvgIpc) is 2.86. The van der Waals surface area contributed by atoms with Crippen LogP contribution in [0.15, 0.2) is 84.0 Å². The molecule has 0 aliphatic rings. The number of halogens is 3. The molecule has 3 N–H and O–H groups in total. The summed E-state index contributed by atoms with van der Waals surface area (Å²) in [6, 6.07) is 19.7. The molecule has 0 spiro atoms. The number of anilines is 1. The molecule has 0 aromatic heterocycles. The van der Waals surface area contributed by atoms with Gasteiger partial charge < -0.3 is 15.4 Å². The van der Waals surface area contributed by atoms with E-state index >= 15 is 0 Å². The third-order valence-electron chi connectivity index (χ3n) is 4.59. The van der Waals surface area contributed by atoms with Crippen LogP contribution in [0.2, 0.25) is 0 Å². The van der Waals surface area contributed by atoms with Crippen molar-refractivity contribution in [3.63, 3.8) is 0 Å². The second-order valence-corrected chi connectivity index (χ2v) is 7.36. The molecule has 3 rings (SSSR count). The van der Waals surface area contributed by atoms with E-state index in [4.69, 9.17) is 4.74 Å². The number of amides is 3. The van der Waals surface area contributed by atoms with E-state index in [2.05, 4.69) is 15.7 Å². The number of ether oxygens (including phenoxy) is 1. The molecule has 3 amide bonds. The average molecular weight is 498 g/mol. The molecule has 0 saturated heterocycles. The molecule has 3 aromatic rings. The van der Waals surface area contributed by atoms with Crippen LogP contribution in [0.3, 0.4) is 0 Å². The largest absolute Gasteiger partial charge is 0.484 e. The summed E-state index contributed by atoms with van der Waals surface area (Å²) in [5, 5.41) is 8.47. The lowest BCUT2D eigenvalue weighted by atomic mass is 10.2. The van der Waals surface area contributed by atoms with E-state index in [1.165, 1.54) is 12.3 Å². The smallest absolute Gasteiger partial charge is 0.416 e. The van der Waals surface area contributed by atoms with Crippen LogP contribution in [0.5, 0.6) is 5.75 Å². The van der Waals surface area contributed by atoms with Crippen LogP contribution in [-0.2, 0) is 27.1 Å². The van der Waals surface area contributed by atoms with Crippen molar-refractivity contribution in [1.82, 2.24) is 10.7 Å². The van der Waals surface area contributed by atoms with E-state index in [0.717, 1.165) is 17.7 Å². The second-order valence-electron chi connectivity index (χ2n) is 7.36. The Bertz CT molecular complexity index is 1250. The molecular formula is C25H21F3N4O4. The van der Waals surface area contributed by atoms with Gasteiger partial charge in [-0.15, -0.1) is 0 Å². The highest BCUT2D eigenvalue weighted by Crippen LogP contribution is 2.30. The zero-order valence-electron chi connectivity index (χ0n) is 18.7. The van der Waals surface area contributed by atoms with Gasteiger partial charge in [-0.1, -0.05) is 48.5 Å². The van der Waals surface area contributed by atoms with Gasteiger partial charge in [0.1, 0.15) is 5.75 Å². The van der Waals surface area contributed by atoms with Crippen molar-refractivity contribution in [2.24, 2.45) is 5.10 Å². The van der Waals surface area contributed by atoms with Gasteiger partial charge in [0.2, 0.25) is 0 Å². The Balaban J connectivity index is 1.46. The molecule has 0 fully saturated rings. The molecular weight excluding hydrogens is 477 g/mol.